The van der Waals surface area contributed by atoms with E-state index in [-0.39, 0.29) is 11.8 Å². The Kier molecular flexibility index (Phi) is 6.53. The van der Waals surface area contributed by atoms with Crippen molar-refractivity contribution >= 4 is 61.6 Å². The Morgan fingerprint density at radius 2 is 1.81 bits per heavy atom. The molecule has 8 heteroatoms. The van der Waals surface area contributed by atoms with E-state index in [2.05, 4.69) is 34.3 Å². The maximum Gasteiger partial charge on any atom is 0.341 e. The van der Waals surface area contributed by atoms with E-state index in [1.54, 1.807) is 13.8 Å². The van der Waals surface area contributed by atoms with Crippen LogP contribution < -0.4 is 10.6 Å². The second-order valence-electron chi connectivity index (χ2n) is 9.32. The highest BCUT2D eigenvalue weighted by atomic mass is 32.1. The Morgan fingerprint density at radius 1 is 1.03 bits per heavy atom. The number of nitrogens with one attached hydrogen (secondary N) is 2. The third-order valence-electron chi connectivity index (χ3n) is 6.59. The normalized spacial score (nSPS) is 12.8. The first-order chi connectivity index (χ1) is 17.4. The monoisotopic (exact) mass is 503 g/mol. The molecule has 0 saturated heterocycles. The lowest BCUT2D eigenvalue weighted by atomic mass is 10.1. The first-order valence-electron chi connectivity index (χ1n) is 12.3. The van der Waals surface area contributed by atoms with Crippen LogP contribution in [-0.2, 0) is 33.7 Å². The summed E-state index contributed by atoms with van der Waals surface area (Å²) < 4.78 is 7.65. The highest BCUT2D eigenvalue weighted by Crippen LogP contribution is 2.39. The van der Waals surface area contributed by atoms with Crippen LogP contribution in [0.15, 0.2) is 42.5 Å². The number of esters is 1. The van der Waals surface area contributed by atoms with Gasteiger partial charge in [-0.2, -0.15) is 0 Å². The minimum Gasteiger partial charge on any atom is -0.452 e. The average molecular weight is 504 g/mol. The standard InChI is InChI=1S/C28H29N3O4S/c1-4-31-21-10-6-5-8-18(21)20-14-17(12-13-22(20)31)29-24(32)15-35-28(34)25-19-9-7-11-23(19)36-27(25)30-26(33)16(2)3/h5-6,8,10,12-14,16H,4,7,9,11,15H2,1-3H3,(H,29,32)(H,30,33). The minimum atomic E-state index is -0.579. The van der Waals surface area contributed by atoms with E-state index >= 15 is 0 Å². The number of amides is 2. The maximum atomic E-state index is 13.0. The summed E-state index contributed by atoms with van der Waals surface area (Å²) in [5.74, 6) is -1.35. The van der Waals surface area contributed by atoms with Gasteiger partial charge >= 0.3 is 5.97 Å². The van der Waals surface area contributed by atoms with Gasteiger partial charge in [-0.3, -0.25) is 9.59 Å². The van der Waals surface area contributed by atoms with Crippen LogP contribution in [-0.4, -0.2) is 29.0 Å². The van der Waals surface area contributed by atoms with Crippen LogP contribution in [0.4, 0.5) is 10.7 Å². The summed E-state index contributed by atoms with van der Waals surface area (Å²) in [7, 11) is 0. The quantitative estimate of drug-likeness (QED) is 0.314. The number of rotatable bonds is 7. The van der Waals surface area contributed by atoms with Crippen LogP contribution in [0.1, 0.15) is 48.0 Å². The van der Waals surface area contributed by atoms with Gasteiger partial charge in [0.2, 0.25) is 5.91 Å². The number of hydrogen-bond acceptors (Lipinski definition) is 5. The lowest BCUT2D eigenvalue weighted by Gasteiger charge is -2.11. The number of ether oxygens (including phenoxy) is 1. The number of aryl methyl sites for hydroxylation is 2. The van der Waals surface area contributed by atoms with Gasteiger partial charge in [-0.05, 0) is 56.0 Å². The lowest BCUT2D eigenvalue weighted by Crippen LogP contribution is -2.23. The average Bonchev–Trinajstić information content (AvgIpc) is 3.53. The summed E-state index contributed by atoms with van der Waals surface area (Å²) in [6.45, 7) is 6.15. The Hall–Kier alpha value is -3.65. The van der Waals surface area contributed by atoms with Crippen molar-refractivity contribution in [2.45, 2.75) is 46.6 Å². The number of fused-ring (bicyclic) bond motifs is 4. The van der Waals surface area contributed by atoms with Crippen molar-refractivity contribution < 1.29 is 19.1 Å². The number of carbonyl (C=O) groups is 3. The second-order valence-corrected chi connectivity index (χ2v) is 10.4. The zero-order valence-electron chi connectivity index (χ0n) is 20.6. The smallest absolute Gasteiger partial charge is 0.341 e. The molecule has 0 bridgehead atoms. The molecule has 4 aromatic rings. The molecule has 0 aliphatic heterocycles. The van der Waals surface area contributed by atoms with Crippen molar-refractivity contribution in [3.05, 3.63) is 58.5 Å². The molecule has 0 saturated carbocycles. The van der Waals surface area contributed by atoms with Crippen LogP contribution in [0.25, 0.3) is 21.8 Å². The van der Waals surface area contributed by atoms with Gasteiger partial charge in [-0.25, -0.2) is 4.79 Å². The van der Waals surface area contributed by atoms with Crippen molar-refractivity contribution in [3.8, 4) is 0 Å². The summed E-state index contributed by atoms with van der Waals surface area (Å²) in [6.07, 6.45) is 2.62. The van der Waals surface area contributed by atoms with E-state index < -0.39 is 18.5 Å². The number of nitrogens with zero attached hydrogens (tertiary/aromatic N) is 1. The molecular weight excluding hydrogens is 474 g/mol. The van der Waals surface area contributed by atoms with E-state index in [4.69, 9.17) is 4.74 Å². The van der Waals surface area contributed by atoms with Gasteiger partial charge in [0.05, 0.1) is 5.56 Å². The van der Waals surface area contributed by atoms with Crippen LogP contribution in [0.3, 0.4) is 0 Å². The molecule has 1 aliphatic rings. The molecule has 0 unspecified atom stereocenters. The minimum absolute atomic E-state index is 0.151. The highest BCUT2D eigenvalue weighted by Gasteiger charge is 2.29. The third-order valence-corrected chi connectivity index (χ3v) is 7.80. The van der Waals surface area contributed by atoms with Crippen LogP contribution in [0, 0.1) is 5.92 Å². The van der Waals surface area contributed by atoms with Gasteiger partial charge in [-0.1, -0.05) is 32.0 Å². The largest absolute Gasteiger partial charge is 0.452 e. The van der Waals surface area contributed by atoms with Gasteiger partial charge < -0.3 is 19.9 Å². The molecule has 36 heavy (non-hydrogen) atoms. The van der Waals surface area contributed by atoms with Gasteiger partial charge in [-0.15, -0.1) is 11.3 Å². The fourth-order valence-electron chi connectivity index (χ4n) is 4.84. The zero-order valence-corrected chi connectivity index (χ0v) is 21.5. The van der Waals surface area contributed by atoms with Crippen LogP contribution >= 0.6 is 11.3 Å². The van der Waals surface area contributed by atoms with Crippen molar-refractivity contribution in [1.29, 1.82) is 0 Å². The fraction of sp³-hybridized carbons (Fsp3) is 0.321. The molecule has 2 aromatic carbocycles. The Morgan fingerprint density at radius 3 is 2.58 bits per heavy atom. The SMILES string of the molecule is CCn1c2ccccc2c2cc(NC(=O)COC(=O)c3c(NC(=O)C(C)C)sc4c3CCC4)ccc21. The summed E-state index contributed by atoms with van der Waals surface area (Å²) >= 11 is 1.43. The number of thiophene rings is 1. The van der Waals surface area contributed by atoms with Crippen molar-refractivity contribution in [3.63, 3.8) is 0 Å². The molecule has 7 nitrogen and oxygen atoms in total. The zero-order chi connectivity index (χ0) is 25.4. The molecule has 2 aromatic heterocycles. The Balaban J connectivity index is 1.30. The highest BCUT2D eigenvalue weighted by molar-refractivity contribution is 7.17. The predicted molar refractivity (Wildman–Crippen MR) is 144 cm³/mol. The summed E-state index contributed by atoms with van der Waals surface area (Å²) in [5, 5.41) is 8.41. The lowest BCUT2D eigenvalue weighted by molar-refractivity contribution is -0.119. The number of anilines is 2. The van der Waals surface area contributed by atoms with Crippen LogP contribution in [0.2, 0.25) is 0 Å². The number of para-hydroxylation sites is 1. The van der Waals surface area contributed by atoms with Gasteiger partial charge in [0.1, 0.15) is 5.00 Å². The van der Waals surface area contributed by atoms with Gasteiger partial charge in [0.15, 0.2) is 6.61 Å². The number of aromatic nitrogens is 1. The number of carbonyl (C=O) groups excluding carboxylic acids is 3. The first kappa shape index (κ1) is 24.1. The summed E-state index contributed by atoms with van der Waals surface area (Å²) in [6, 6.07) is 14.0. The molecule has 0 atom stereocenters. The molecule has 186 valence electrons. The van der Waals surface area contributed by atoms with E-state index in [1.165, 1.54) is 11.3 Å². The second kappa shape index (κ2) is 9.78. The summed E-state index contributed by atoms with van der Waals surface area (Å²) in [5.41, 5.74) is 4.22. The van der Waals surface area contributed by atoms with E-state index in [9.17, 15) is 14.4 Å². The predicted octanol–water partition coefficient (Wildman–Crippen LogP) is 5.75. The van der Waals surface area contributed by atoms with Gasteiger partial charge in [0, 0.05) is 44.8 Å². The molecular formula is C28H29N3O4S. The number of benzene rings is 2. The van der Waals surface area contributed by atoms with E-state index in [0.717, 1.165) is 58.1 Å². The number of hydrogen-bond donors (Lipinski definition) is 2. The Labute approximate surface area is 213 Å². The molecule has 0 spiro atoms. The molecule has 5 rings (SSSR count). The third kappa shape index (κ3) is 4.37. The fourth-order valence-corrected chi connectivity index (χ4v) is 6.12. The van der Waals surface area contributed by atoms with Gasteiger partial charge in [0.25, 0.3) is 5.91 Å². The Bertz CT molecular complexity index is 1500. The molecule has 1 aliphatic carbocycles. The van der Waals surface area contributed by atoms with Crippen molar-refractivity contribution in [2.75, 3.05) is 17.2 Å². The van der Waals surface area contributed by atoms with Crippen molar-refractivity contribution in [2.24, 2.45) is 5.92 Å². The molecule has 0 radical (unpaired) electrons. The molecule has 0 fully saturated rings. The van der Waals surface area contributed by atoms with Crippen LogP contribution in [0.5, 0.6) is 0 Å². The molecule has 2 amide bonds. The van der Waals surface area contributed by atoms with Crippen molar-refractivity contribution in [1.82, 2.24) is 4.57 Å². The molecule has 2 heterocycles. The summed E-state index contributed by atoms with van der Waals surface area (Å²) in [4.78, 5) is 39.0. The topological polar surface area (TPSA) is 89.4 Å². The first-order valence-corrected chi connectivity index (χ1v) is 13.1. The van der Waals surface area contributed by atoms with E-state index in [1.807, 2.05) is 30.3 Å². The van der Waals surface area contributed by atoms with E-state index in [0.29, 0.717) is 16.3 Å². The molecule has 2 N–H and O–H groups in total. The maximum absolute atomic E-state index is 13.0.